The predicted octanol–water partition coefficient (Wildman–Crippen LogP) is 3.08. The first-order chi connectivity index (χ1) is 11.4. The van der Waals surface area contributed by atoms with E-state index < -0.39 is 22.2 Å². The SMILES string of the molecule is C=C1C(O)C(Cc2ccccc2)N(Cc2ccccc2Br)S1(=O)=O. The van der Waals surface area contributed by atoms with Crippen molar-refractivity contribution in [2.75, 3.05) is 0 Å². The molecule has 1 aliphatic rings. The summed E-state index contributed by atoms with van der Waals surface area (Å²) >= 11 is 3.45. The van der Waals surface area contributed by atoms with Gasteiger partial charge in [0.15, 0.2) is 0 Å². The number of nitrogens with zero attached hydrogens (tertiary/aromatic N) is 1. The molecule has 126 valence electrons. The molecule has 24 heavy (non-hydrogen) atoms. The molecule has 2 aromatic carbocycles. The molecule has 1 fully saturated rings. The fourth-order valence-corrected chi connectivity index (χ4v) is 4.95. The third-order valence-electron chi connectivity index (χ3n) is 4.28. The fraction of sp³-hybridized carbons (Fsp3) is 0.222. The topological polar surface area (TPSA) is 57.6 Å². The average Bonchev–Trinajstić information content (AvgIpc) is 2.72. The second-order valence-electron chi connectivity index (χ2n) is 5.81. The van der Waals surface area contributed by atoms with E-state index in [1.54, 1.807) is 0 Å². The quantitative estimate of drug-likeness (QED) is 0.846. The Morgan fingerprint density at radius 3 is 2.38 bits per heavy atom. The van der Waals surface area contributed by atoms with Gasteiger partial charge in [-0.05, 0) is 23.6 Å². The summed E-state index contributed by atoms with van der Waals surface area (Å²) in [4.78, 5) is -0.129. The Labute approximate surface area is 150 Å². The van der Waals surface area contributed by atoms with Crippen molar-refractivity contribution in [2.24, 2.45) is 0 Å². The third-order valence-corrected chi connectivity index (χ3v) is 6.97. The number of aliphatic hydroxyl groups excluding tert-OH is 1. The molecule has 0 radical (unpaired) electrons. The number of aliphatic hydroxyl groups is 1. The lowest BCUT2D eigenvalue weighted by Gasteiger charge is -2.24. The molecule has 1 saturated heterocycles. The molecule has 0 bridgehead atoms. The summed E-state index contributed by atoms with van der Waals surface area (Å²) in [5.41, 5.74) is 1.82. The number of hydrogen-bond acceptors (Lipinski definition) is 3. The standard InChI is InChI=1S/C18H18BrNO3S/c1-13-18(21)17(11-14-7-3-2-4-8-14)20(24(13,22)23)12-15-9-5-6-10-16(15)19/h2-10,17-18,21H,1,11-12H2. The Morgan fingerprint density at radius 2 is 1.71 bits per heavy atom. The van der Waals surface area contributed by atoms with Crippen molar-refractivity contribution in [3.8, 4) is 0 Å². The Morgan fingerprint density at radius 1 is 1.08 bits per heavy atom. The van der Waals surface area contributed by atoms with Crippen LogP contribution in [0, 0.1) is 0 Å². The molecule has 0 saturated carbocycles. The zero-order valence-corrected chi connectivity index (χ0v) is 15.4. The molecule has 1 heterocycles. The van der Waals surface area contributed by atoms with Crippen molar-refractivity contribution >= 4 is 26.0 Å². The summed E-state index contributed by atoms with van der Waals surface area (Å²) in [7, 11) is -3.73. The van der Waals surface area contributed by atoms with Gasteiger partial charge in [-0.1, -0.05) is 71.0 Å². The van der Waals surface area contributed by atoms with Crippen LogP contribution in [-0.4, -0.2) is 30.0 Å². The number of benzene rings is 2. The van der Waals surface area contributed by atoms with Crippen LogP contribution in [0.1, 0.15) is 11.1 Å². The molecule has 2 aromatic rings. The molecule has 6 heteroatoms. The maximum absolute atomic E-state index is 12.7. The molecule has 3 rings (SSSR count). The van der Waals surface area contributed by atoms with Crippen molar-refractivity contribution in [1.29, 1.82) is 0 Å². The minimum atomic E-state index is -3.73. The van der Waals surface area contributed by atoms with Crippen molar-refractivity contribution in [3.63, 3.8) is 0 Å². The molecule has 0 aliphatic carbocycles. The van der Waals surface area contributed by atoms with Crippen molar-refractivity contribution < 1.29 is 13.5 Å². The summed E-state index contributed by atoms with van der Waals surface area (Å²) in [5, 5.41) is 10.4. The van der Waals surface area contributed by atoms with Gasteiger partial charge < -0.3 is 5.11 Å². The zero-order chi connectivity index (χ0) is 17.3. The molecule has 4 nitrogen and oxygen atoms in total. The largest absolute Gasteiger partial charge is 0.386 e. The third kappa shape index (κ3) is 3.19. The summed E-state index contributed by atoms with van der Waals surface area (Å²) in [6.45, 7) is 3.79. The highest BCUT2D eigenvalue weighted by molar-refractivity contribution is 9.10. The van der Waals surface area contributed by atoms with Gasteiger partial charge in [-0.25, -0.2) is 8.42 Å². The van der Waals surface area contributed by atoms with Gasteiger partial charge in [0, 0.05) is 11.0 Å². The predicted molar refractivity (Wildman–Crippen MR) is 97.7 cm³/mol. The molecule has 2 atom stereocenters. The lowest BCUT2D eigenvalue weighted by atomic mass is 10.0. The first-order valence-corrected chi connectivity index (χ1v) is 9.80. The van der Waals surface area contributed by atoms with Crippen LogP contribution in [-0.2, 0) is 23.0 Å². The average molecular weight is 408 g/mol. The van der Waals surface area contributed by atoms with E-state index >= 15 is 0 Å². The van der Waals surface area contributed by atoms with Gasteiger partial charge in [0.25, 0.3) is 0 Å². The van der Waals surface area contributed by atoms with Gasteiger partial charge in [-0.2, -0.15) is 4.31 Å². The van der Waals surface area contributed by atoms with Crippen LogP contribution in [0.4, 0.5) is 0 Å². The van der Waals surface area contributed by atoms with Crippen LogP contribution < -0.4 is 0 Å². The fourth-order valence-electron chi connectivity index (χ4n) is 2.92. The summed E-state index contributed by atoms with van der Waals surface area (Å²) in [5.74, 6) is 0. The normalized spacial score (nSPS) is 23.5. The minimum absolute atomic E-state index is 0.129. The van der Waals surface area contributed by atoms with E-state index in [9.17, 15) is 13.5 Å². The monoisotopic (exact) mass is 407 g/mol. The Bertz CT molecular complexity index is 852. The van der Waals surface area contributed by atoms with E-state index in [2.05, 4.69) is 22.5 Å². The van der Waals surface area contributed by atoms with Crippen LogP contribution in [0.15, 0.2) is 70.6 Å². The van der Waals surface area contributed by atoms with E-state index in [-0.39, 0.29) is 11.4 Å². The maximum Gasteiger partial charge on any atom is 0.241 e. The summed E-state index contributed by atoms with van der Waals surface area (Å²) in [6.07, 6.45) is -0.664. The second-order valence-corrected chi connectivity index (χ2v) is 8.61. The second kappa shape index (κ2) is 6.80. The lowest BCUT2D eigenvalue weighted by molar-refractivity contribution is 0.139. The molecular weight excluding hydrogens is 390 g/mol. The molecule has 0 amide bonds. The highest BCUT2D eigenvalue weighted by Gasteiger charge is 2.47. The maximum atomic E-state index is 12.7. The first kappa shape index (κ1) is 17.4. The van der Waals surface area contributed by atoms with Crippen LogP contribution in [0.3, 0.4) is 0 Å². The number of halogens is 1. The highest BCUT2D eigenvalue weighted by Crippen LogP contribution is 2.35. The van der Waals surface area contributed by atoms with Gasteiger partial charge in [0.1, 0.15) is 6.10 Å². The highest BCUT2D eigenvalue weighted by atomic mass is 79.9. The van der Waals surface area contributed by atoms with Crippen molar-refractivity contribution in [1.82, 2.24) is 4.31 Å². The zero-order valence-electron chi connectivity index (χ0n) is 13.0. The van der Waals surface area contributed by atoms with E-state index in [1.807, 2.05) is 54.6 Å². The Balaban J connectivity index is 1.95. The molecule has 0 spiro atoms. The van der Waals surface area contributed by atoms with Gasteiger partial charge in [-0.3, -0.25) is 0 Å². The van der Waals surface area contributed by atoms with Gasteiger partial charge in [0.05, 0.1) is 10.9 Å². The number of hydrogen-bond donors (Lipinski definition) is 1. The Hall–Kier alpha value is -1.47. The van der Waals surface area contributed by atoms with E-state index in [0.29, 0.717) is 6.42 Å². The first-order valence-electron chi connectivity index (χ1n) is 7.57. The molecule has 0 aromatic heterocycles. The van der Waals surface area contributed by atoms with Crippen molar-refractivity contribution in [2.45, 2.75) is 25.1 Å². The van der Waals surface area contributed by atoms with Gasteiger partial charge in [-0.15, -0.1) is 0 Å². The van der Waals surface area contributed by atoms with Crippen LogP contribution >= 0.6 is 15.9 Å². The van der Waals surface area contributed by atoms with Crippen LogP contribution in [0.25, 0.3) is 0 Å². The number of rotatable bonds is 4. The van der Waals surface area contributed by atoms with Crippen LogP contribution in [0.5, 0.6) is 0 Å². The van der Waals surface area contributed by atoms with Crippen LogP contribution in [0.2, 0.25) is 0 Å². The molecular formula is C18H18BrNO3S. The minimum Gasteiger partial charge on any atom is -0.386 e. The Kier molecular flexibility index (Phi) is 4.92. The van der Waals surface area contributed by atoms with E-state index in [0.717, 1.165) is 15.6 Å². The summed E-state index contributed by atoms with van der Waals surface area (Å²) in [6, 6.07) is 16.5. The molecule has 1 aliphatic heterocycles. The van der Waals surface area contributed by atoms with E-state index in [1.165, 1.54) is 4.31 Å². The lowest BCUT2D eigenvalue weighted by Crippen LogP contribution is -2.38. The molecule has 2 unspecified atom stereocenters. The van der Waals surface area contributed by atoms with Gasteiger partial charge in [0.2, 0.25) is 10.0 Å². The van der Waals surface area contributed by atoms with Crippen molar-refractivity contribution in [3.05, 3.63) is 81.7 Å². The van der Waals surface area contributed by atoms with E-state index in [4.69, 9.17) is 0 Å². The van der Waals surface area contributed by atoms with Gasteiger partial charge >= 0.3 is 0 Å². The summed E-state index contributed by atoms with van der Waals surface area (Å²) < 4.78 is 27.5. The molecule has 1 N–H and O–H groups in total. The number of sulfonamides is 1. The smallest absolute Gasteiger partial charge is 0.241 e.